The summed E-state index contributed by atoms with van der Waals surface area (Å²) in [5.74, 6) is 4.87. The zero-order chi connectivity index (χ0) is 11.3. The summed E-state index contributed by atoms with van der Waals surface area (Å²) in [5, 5.41) is 18.9. The van der Waals surface area contributed by atoms with E-state index in [-0.39, 0.29) is 11.3 Å². The summed E-state index contributed by atoms with van der Waals surface area (Å²) in [6.07, 6.45) is 0. The summed E-state index contributed by atoms with van der Waals surface area (Å²) < 4.78 is 4.85. The van der Waals surface area contributed by atoms with Crippen molar-refractivity contribution in [1.82, 2.24) is 0 Å². The maximum Gasteiger partial charge on any atom is 0.288 e. The van der Waals surface area contributed by atoms with E-state index in [9.17, 15) is 10.1 Å². The maximum atomic E-state index is 10.7. The molecule has 0 fully saturated rings. The van der Waals surface area contributed by atoms with Crippen molar-refractivity contribution in [2.75, 3.05) is 7.11 Å². The number of methoxy groups -OCH3 is 1. The molecule has 1 aromatic rings. The van der Waals surface area contributed by atoms with Crippen molar-refractivity contribution in [2.45, 2.75) is 0 Å². The van der Waals surface area contributed by atoms with Gasteiger partial charge in [0.25, 0.3) is 5.69 Å². The first-order chi connectivity index (χ1) is 7.19. The molecule has 5 heteroatoms. The molecule has 0 heterocycles. The predicted octanol–water partition coefficient (Wildman–Crippen LogP) is 1.48. The molecular weight excluding hydrogens is 196 g/mol. The molecule has 15 heavy (non-hydrogen) atoms. The van der Waals surface area contributed by atoms with Crippen molar-refractivity contribution in [3.63, 3.8) is 0 Å². The first kappa shape index (κ1) is 10.6. The molecule has 5 nitrogen and oxygen atoms in total. The van der Waals surface area contributed by atoms with Crippen molar-refractivity contribution in [3.8, 4) is 23.7 Å². The van der Waals surface area contributed by atoms with Crippen LogP contribution in [-0.2, 0) is 0 Å². The molecular formula is C10H6N2O3. The van der Waals surface area contributed by atoms with Crippen molar-refractivity contribution in [3.05, 3.63) is 33.9 Å². The van der Waals surface area contributed by atoms with Crippen LogP contribution in [0, 0.1) is 33.3 Å². The number of hydrogen-bond donors (Lipinski definition) is 0. The topological polar surface area (TPSA) is 76.2 Å². The van der Waals surface area contributed by atoms with E-state index in [4.69, 9.17) is 10.00 Å². The largest absolute Gasteiger partial charge is 0.497 e. The van der Waals surface area contributed by atoms with Crippen LogP contribution in [0.25, 0.3) is 0 Å². The third-order valence-corrected chi connectivity index (χ3v) is 1.65. The Morgan fingerprint density at radius 3 is 2.80 bits per heavy atom. The van der Waals surface area contributed by atoms with E-state index in [1.807, 2.05) is 0 Å². The molecule has 0 aliphatic carbocycles. The molecule has 0 saturated carbocycles. The molecule has 0 radical (unpaired) electrons. The highest BCUT2D eigenvalue weighted by molar-refractivity contribution is 5.55. The number of ether oxygens (including phenoxy) is 1. The van der Waals surface area contributed by atoms with Gasteiger partial charge in [-0.15, -0.1) is 0 Å². The van der Waals surface area contributed by atoms with E-state index >= 15 is 0 Å². The van der Waals surface area contributed by atoms with Crippen LogP contribution >= 0.6 is 0 Å². The Labute approximate surface area is 86.0 Å². The zero-order valence-electron chi connectivity index (χ0n) is 7.85. The SMILES string of the molecule is COc1ccc(C#CC#N)c([N+](=O)[O-])c1. The summed E-state index contributed by atoms with van der Waals surface area (Å²) in [6, 6.07) is 5.86. The van der Waals surface area contributed by atoms with Crippen LogP contribution in [0.15, 0.2) is 18.2 Å². The standard InChI is InChI=1S/C10H6N2O3/c1-15-9-5-4-8(3-2-6-11)10(7-9)12(13)14/h4-5,7H,1H3. The van der Waals surface area contributed by atoms with Gasteiger partial charge >= 0.3 is 0 Å². The number of nitrogens with zero attached hydrogens (tertiary/aromatic N) is 2. The molecule has 0 unspecified atom stereocenters. The quantitative estimate of drug-likeness (QED) is 0.413. The number of nitriles is 1. The van der Waals surface area contributed by atoms with E-state index in [1.54, 1.807) is 12.1 Å². The predicted molar refractivity (Wildman–Crippen MR) is 52.1 cm³/mol. The number of nitro groups is 1. The molecule has 0 atom stereocenters. The van der Waals surface area contributed by atoms with Crippen LogP contribution in [-0.4, -0.2) is 12.0 Å². The Kier molecular flexibility index (Phi) is 3.26. The van der Waals surface area contributed by atoms with Crippen molar-refractivity contribution >= 4 is 5.69 Å². The Bertz CT molecular complexity index is 492. The van der Waals surface area contributed by atoms with Gasteiger partial charge in [-0.1, -0.05) is 0 Å². The minimum atomic E-state index is -0.566. The summed E-state index contributed by atoms with van der Waals surface area (Å²) in [6.45, 7) is 0. The average Bonchev–Trinajstić information content (AvgIpc) is 2.26. The maximum absolute atomic E-state index is 10.7. The minimum Gasteiger partial charge on any atom is -0.497 e. The van der Waals surface area contributed by atoms with E-state index < -0.39 is 4.92 Å². The Balaban J connectivity index is 3.28. The normalized spacial score (nSPS) is 8.27. The average molecular weight is 202 g/mol. The second kappa shape index (κ2) is 4.64. The summed E-state index contributed by atoms with van der Waals surface area (Å²) in [4.78, 5) is 10.1. The van der Waals surface area contributed by atoms with E-state index in [2.05, 4.69) is 11.8 Å². The molecule has 0 N–H and O–H groups in total. The smallest absolute Gasteiger partial charge is 0.288 e. The number of benzene rings is 1. The van der Waals surface area contributed by atoms with Gasteiger partial charge in [0.2, 0.25) is 0 Å². The van der Waals surface area contributed by atoms with Crippen molar-refractivity contribution in [2.24, 2.45) is 0 Å². The number of nitro benzene ring substituents is 1. The lowest BCUT2D eigenvalue weighted by molar-refractivity contribution is -0.385. The first-order valence-corrected chi connectivity index (χ1v) is 3.91. The minimum absolute atomic E-state index is 0.169. The van der Waals surface area contributed by atoms with E-state index in [0.29, 0.717) is 5.75 Å². The lowest BCUT2D eigenvalue weighted by atomic mass is 10.2. The number of rotatable bonds is 2. The van der Waals surface area contributed by atoms with E-state index in [1.165, 1.54) is 19.2 Å². The molecule has 0 spiro atoms. The summed E-state index contributed by atoms with van der Waals surface area (Å²) in [7, 11) is 1.42. The van der Waals surface area contributed by atoms with Crippen LogP contribution in [0.4, 0.5) is 5.69 Å². The zero-order valence-corrected chi connectivity index (χ0v) is 7.85. The fraction of sp³-hybridized carbons (Fsp3) is 0.100. The third-order valence-electron chi connectivity index (χ3n) is 1.65. The summed E-state index contributed by atoms with van der Waals surface area (Å²) in [5.41, 5.74) is 0.0273. The second-order valence-corrected chi connectivity index (χ2v) is 2.50. The lowest BCUT2D eigenvalue weighted by Gasteiger charge is -2.00. The van der Waals surface area contributed by atoms with Gasteiger partial charge in [-0.25, -0.2) is 0 Å². The molecule has 0 aliphatic rings. The number of hydrogen-bond acceptors (Lipinski definition) is 4. The van der Waals surface area contributed by atoms with Crippen LogP contribution in [0.1, 0.15) is 5.56 Å². The fourth-order valence-corrected chi connectivity index (χ4v) is 0.990. The first-order valence-electron chi connectivity index (χ1n) is 3.91. The molecule has 0 aliphatic heterocycles. The van der Waals surface area contributed by atoms with Crippen molar-refractivity contribution in [1.29, 1.82) is 5.26 Å². The van der Waals surface area contributed by atoms with Crippen LogP contribution < -0.4 is 4.74 Å². The molecule has 0 aromatic heterocycles. The fourth-order valence-electron chi connectivity index (χ4n) is 0.990. The Morgan fingerprint density at radius 1 is 1.53 bits per heavy atom. The highest BCUT2D eigenvalue weighted by Gasteiger charge is 2.13. The lowest BCUT2D eigenvalue weighted by Crippen LogP contribution is -1.93. The van der Waals surface area contributed by atoms with Crippen LogP contribution in [0.2, 0.25) is 0 Å². The molecule has 0 amide bonds. The second-order valence-electron chi connectivity index (χ2n) is 2.50. The van der Waals surface area contributed by atoms with Crippen LogP contribution in [0.3, 0.4) is 0 Å². The van der Waals surface area contributed by atoms with Gasteiger partial charge in [0.15, 0.2) is 6.07 Å². The van der Waals surface area contributed by atoms with Gasteiger partial charge in [-0.2, -0.15) is 5.26 Å². The molecule has 1 aromatic carbocycles. The van der Waals surface area contributed by atoms with Gasteiger partial charge < -0.3 is 4.74 Å². The molecule has 0 bridgehead atoms. The monoisotopic (exact) mass is 202 g/mol. The molecule has 74 valence electrons. The summed E-state index contributed by atoms with van der Waals surface area (Å²) >= 11 is 0. The van der Waals surface area contributed by atoms with Gasteiger partial charge in [-0.3, -0.25) is 10.1 Å². The van der Waals surface area contributed by atoms with Gasteiger partial charge in [0.1, 0.15) is 11.3 Å². The Hall–Kier alpha value is -2.53. The van der Waals surface area contributed by atoms with Gasteiger partial charge in [0.05, 0.1) is 18.1 Å². The molecule has 1 rings (SSSR count). The van der Waals surface area contributed by atoms with Crippen LogP contribution in [0.5, 0.6) is 5.75 Å². The van der Waals surface area contributed by atoms with Gasteiger partial charge in [0, 0.05) is 5.92 Å². The van der Waals surface area contributed by atoms with E-state index in [0.717, 1.165) is 0 Å². The third kappa shape index (κ3) is 2.45. The van der Waals surface area contributed by atoms with Crippen molar-refractivity contribution < 1.29 is 9.66 Å². The molecule has 0 saturated heterocycles. The highest BCUT2D eigenvalue weighted by Crippen LogP contribution is 2.23. The van der Waals surface area contributed by atoms with Gasteiger partial charge in [-0.05, 0) is 18.1 Å². The highest BCUT2D eigenvalue weighted by atomic mass is 16.6. The Morgan fingerprint density at radius 2 is 2.27 bits per heavy atom.